The maximum absolute atomic E-state index is 6.77. The maximum Gasteiger partial charge on any atom is 0.145 e. The second-order valence-electron chi connectivity index (χ2n) is 12.6. The summed E-state index contributed by atoms with van der Waals surface area (Å²) in [4.78, 5) is 2.37. The Labute approximate surface area is 283 Å². The van der Waals surface area contributed by atoms with Crippen molar-refractivity contribution in [3.8, 4) is 16.8 Å². The normalized spacial score (nSPS) is 11.7. The molecular formula is C46H30N2O. The number of aromatic nitrogens is 1. The van der Waals surface area contributed by atoms with E-state index in [1.807, 2.05) is 0 Å². The summed E-state index contributed by atoms with van der Waals surface area (Å²) in [6.45, 7) is 0. The molecule has 2 aromatic heterocycles. The summed E-state index contributed by atoms with van der Waals surface area (Å²) in [6.07, 6.45) is 0. The number of para-hydroxylation sites is 2. The molecule has 0 aliphatic carbocycles. The van der Waals surface area contributed by atoms with E-state index in [2.05, 4.69) is 191 Å². The third-order valence-electron chi connectivity index (χ3n) is 9.77. The van der Waals surface area contributed by atoms with Gasteiger partial charge in [-0.05, 0) is 83.2 Å². The highest BCUT2D eigenvalue weighted by atomic mass is 16.3. The van der Waals surface area contributed by atoms with E-state index >= 15 is 0 Å². The zero-order chi connectivity index (χ0) is 32.3. The molecule has 0 aliphatic heterocycles. The van der Waals surface area contributed by atoms with Crippen LogP contribution in [-0.2, 0) is 0 Å². The Morgan fingerprint density at radius 2 is 1.10 bits per heavy atom. The van der Waals surface area contributed by atoms with Crippen LogP contribution in [-0.4, -0.2) is 4.57 Å². The molecule has 0 unspecified atom stereocenters. The fraction of sp³-hybridized carbons (Fsp3) is 0. The van der Waals surface area contributed by atoms with E-state index in [-0.39, 0.29) is 0 Å². The lowest BCUT2D eigenvalue weighted by Crippen LogP contribution is -2.10. The Hall–Kier alpha value is -6.58. The summed E-state index contributed by atoms with van der Waals surface area (Å²) in [5.74, 6) is 0. The largest absolute Gasteiger partial charge is 0.455 e. The molecule has 0 fully saturated rings. The van der Waals surface area contributed by atoms with Crippen molar-refractivity contribution in [3.05, 3.63) is 182 Å². The molecule has 10 rings (SSSR count). The van der Waals surface area contributed by atoms with E-state index in [9.17, 15) is 0 Å². The fourth-order valence-corrected chi connectivity index (χ4v) is 7.53. The van der Waals surface area contributed by atoms with Crippen molar-refractivity contribution in [1.29, 1.82) is 0 Å². The van der Waals surface area contributed by atoms with Gasteiger partial charge < -0.3 is 13.9 Å². The molecule has 3 heteroatoms. The van der Waals surface area contributed by atoms with Crippen molar-refractivity contribution >= 4 is 71.6 Å². The lowest BCUT2D eigenvalue weighted by atomic mass is 10.0. The first-order valence-electron chi connectivity index (χ1n) is 16.7. The van der Waals surface area contributed by atoms with Gasteiger partial charge >= 0.3 is 0 Å². The minimum atomic E-state index is 0.875. The molecule has 10 aromatic rings. The third kappa shape index (κ3) is 4.37. The van der Waals surface area contributed by atoms with Crippen LogP contribution in [0.3, 0.4) is 0 Å². The number of anilines is 3. The molecule has 8 aromatic carbocycles. The van der Waals surface area contributed by atoms with Gasteiger partial charge in [-0.3, -0.25) is 0 Å². The minimum Gasteiger partial charge on any atom is -0.455 e. The van der Waals surface area contributed by atoms with Gasteiger partial charge in [0.05, 0.1) is 22.1 Å². The van der Waals surface area contributed by atoms with Crippen LogP contribution in [0.5, 0.6) is 0 Å². The summed E-state index contributed by atoms with van der Waals surface area (Å²) < 4.78 is 9.11. The van der Waals surface area contributed by atoms with Crippen molar-refractivity contribution in [2.45, 2.75) is 0 Å². The molecule has 0 radical (unpaired) electrons. The van der Waals surface area contributed by atoms with Gasteiger partial charge in [0.15, 0.2) is 0 Å². The van der Waals surface area contributed by atoms with Gasteiger partial charge in [-0.25, -0.2) is 0 Å². The summed E-state index contributed by atoms with van der Waals surface area (Å²) in [5, 5.41) is 6.93. The zero-order valence-corrected chi connectivity index (χ0v) is 26.6. The molecule has 2 heterocycles. The van der Waals surface area contributed by atoms with E-state index in [4.69, 9.17) is 4.42 Å². The number of nitrogens with zero attached hydrogens (tertiary/aromatic N) is 2. The molecule has 0 aliphatic rings. The SMILES string of the molecule is c1ccc(-c2ccc(N(c3ccc4oc5c(ccc6c5c5ccccc5n6-c5ccccc5)c4c3)c3cccc4ccccc34)cc2)cc1. The van der Waals surface area contributed by atoms with Gasteiger partial charge in [0, 0.05) is 38.6 Å². The first kappa shape index (κ1) is 27.5. The highest BCUT2D eigenvalue weighted by molar-refractivity contribution is 6.24. The van der Waals surface area contributed by atoms with Gasteiger partial charge in [-0.2, -0.15) is 0 Å². The average molecular weight is 627 g/mol. The van der Waals surface area contributed by atoms with Crippen molar-refractivity contribution in [2.75, 3.05) is 4.90 Å². The Bertz CT molecular complexity index is 2810. The molecule has 0 N–H and O–H groups in total. The zero-order valence-electron chi connectivity index (χ0n) is 26.6. The Balaban J connectivity index is 1.20. The van der Waals surface area contributed by atoms with Crippen LogP contribution < -0.4 is 4.90 Å². The molecule has 0 spiro atoms. The summed E-state index contributed by atoms with van der Waals surface area (Å²) >= 11 is 0. The average Bonchev–Trinajstić information content (AvgIpc) is 3.71. The van der Waals surface area contributed by atoms with Gasteiger partial charge in [0.25, 0.3) is 0 Å². The quantitative estimate of drug-likeness (QED) is 0.190. The highest BCUT2D eigenvalue weighted by Gasteiger charge is 2.21. The number of hydrogen-bond acceptors (Lipinski definition) is 2. The van der Waals surface area contributed by atoms with Crippen molar-refractivity contribution < 1.29 is 4.42 Å². The predicted octanol–water partition coefficient (Wildman–Crippen LogP) is 13.0. The van der Waals surface area contributed by atoms with E-state index in [1.54, 1.807) is 0 Å². The number of furan rings is 1. The third-order valence-corrected chi connectivity index (χ3v) is 9.77. The standard InChI is InChI=1S/C46H30N2O/c1-3-12-31(13-4-1)32-22-24-35(25-23-32)47(41-21-11-15-33-14-7-8-18-37(33)41)36-26-29-44-40(30-36)38-27-28-43-45(46(38)49-44)39-19-9-10-20-42(39)48(43)34-16-5-2-6-17-34/h1-30H. The Morgan fingerprint density at radius 1 is 0.429 bits per heavy atom. The molecule has 3 nitrogen and oxygen atoms in total. The minimum absolute atomic E-state index is 0.875. The maximum atomic E-state index is 6.77. The molecule has 0 saturated heterocycles. The number of hydrogen-bond donors (Lipinski definition) is 0. The molecule has 230 valence electrons. The summed E-state index contributed by atoms with van der Waals surface area (Å²) in [7, 11) is 0. The van der Waals surface area contributed by atoms with Crippen LogP contribution in [0.25, 0.3) is 71.3 Å². The predicted molar refractivity (Wildman–Crippen MR) is 206 cm³/mol. The van der Waals surface area contributed by atoms with Gasteiger partial charge in [0.1, 0.15) is 11.2 Å². The van der Waals surface area contributed by atoms with E-state index < -0.39 is 0 Å². The first-order chi connectivity index (χ1) is 24.3. The van der Waals surface area contributed by atoms with Crippen LogP contribution in [0, 0.1) is 0 Å². The van der Waals surface area contributed by atoms with E-state index in [0.29, 0.717) is 0 Å². The van der Waals surface area contributed by atoms with Crippen LogP contribution in [0.15, 0.2) is 186 Å². The van der Waals surface area contributed by atoms with Gasteiger partial charge in [0.2, 0.25) is 0 Å². The molecule has 0 saturated carbocycles. The lowest BCUT2D eigenvalue weighted by Gasteiger charge is -2.27. The Morgan fingerprint density at radius 3 is 1.94 bits per heavy atom. The second-order valence-corrected chi connectivity index (χ2v) is 12.6. The molecular weight excluding hydrogens is 597 g/mol. The second kappa shape index (κ2) is 11.0. The molecule has 0 amide bonds. The smallest absolute Gasteiger partial charge is 0.145 e. The van der Waals surface area contributed by atoms with Crippen LogP contribution in [0.2, 0.25) is 0 Å². The number of fused-ring (bicyclic) bond motifs is 8. The highest BCUT2D eigenvalue weighted by Crippen LogP contribution is 2.44. The molecule has 0 atom stereocenters. The number of rotatable bonds is 5. The first-order valence-corrected chi connectivity index (χ1v) is 16.7. The van der Waals surface area contributed by atoms with Crippen LogP contribution in [0.1, 0.15) is 0 Å². The van der Waals surface area contributed by atoms with Crippen molar-refractivity contribution in [1.82, 2.24) is 4.57 Å². The lowest BCUT2D eigenvalue weighted by molar-refractivity contribution is 0.673. The van der Waals surface area contributed by atoms with E-state index in [1.165, 1.54) is 32.8 Å². The summed E-state index contributed by atoms with van der Waals surface area (Å²) in [5.41, 5.74) is 10.9. The monoisotopic (exact) mass is 626 g/mol. The summed E-state index contributed by atoms with van der Waals surface area (Å²) in [6, 6.07) is 64.8. The van der Waals surface area contributed by atoms with Crippen LogP contribution >= 0.6 is 0 Å². The molecule has 0 bridgehead atoms. The number of benzene rings is 8. The van der Waals surface area contributed by atoms with Crippen LogP contribution in [0.4, 0.5) is 17.1 Å². The Kier molecular flexibility index (Phi) is 6.18. The van der Waals surface area contributed by atoms with Crippen molar-refractivity contribution in [3.63, 3.8) is 0 Å². The van der Waals surface area contributed by atoms with E-state index in [0.717, 1.165) is 55.6 Å². The van der Waals surface area contributed by atoms with Crippen molar-refractivity contribution in [2.24, 2.45) is 0 Å². The fourth-order valence-electron chi connectivity index (χ4n) is 7.53. The topological polar surface area (TPSA) is 21.3 Å². The van der Waals surface area contributed by atoms with Gasteiger partial charge in [-0.15, -0.1) is 0 Å². The van der Waals surface area contributed by atoms with Gasteiger partial charge in [-0.1, -0.05) is 115 Å². The molecule has 49 heavy (non-hydrogen) atoms.